The van der Waals surface area contributed by atoms with Gasteiger partial charge in [0.25, 0.3) is 0 Å². The van der Waals surface area contributed by atoms with E-state index < -0.39 is 0 Å². The minimum Gasteiger partial charge on any atom is -0.313 e. The number of nitrogens with one attached hydrogen (secondary N) is 1. The van der Waals surface area contributed by atoms with E-state index in [-0.39, 0.29) is 0 Å². The Balaban J connectivity index is 2.12. The molecule has 0 fully saturated rings. The average molecular weight is 236 g/mol. The Bertz CT molecular complexity index is 460. The normalized spacial score (nSPS) is 12.9. The summed E-state index contributed by atoms with van der Waals surface area (Å²) in [7, 11) is 3.90. The van der Waals surface area contributed by atoms with Crippen molar-refractivity contribution in [3.8, 4) is 0 Å². The predicted octanol–water partition coefficient (Wildman–Crippen LogP) is 1.69. The molecule has 4 nitrogen and oxygen atoms in total. The average Bonchev–Trinajstić information content (AvgIpc) is 2.84. The van der Waals surface area contributed by atoms with E-state index >= 15 is 0 Å². The van der Waals surface area contributed by atoms with Gasteiger partial charge in [-0.3, -0.25) is 4.68 Å². The van der Waals surface area contributed by atoms with Gasteiger partial charge < -0.3 is 5.32 Å². The van der Waals surface area contributed by atoms with Crippen LogP contribution in [-0.2, 0) is 13.5 Å². The van der Waals surface area contributed by atoms with Crippen LogP contribution in [0.3, 0.4) is 0 Å². The highest BCUT2D eigenvalue weighted by Gasteiger charge is 2.13. The molecule has 1 N–H and O–H groups in total. The molecule has 1 atom stereocenters. The molecule has 0 radical (unpaired) electrons. The number of hydrogen-bond acceptors (Lipinski definition) is 4. The van der Waals surface area contributed by atoms with Gasteiger partial charge >= 0.3 is 0 Å². The van der Waals surface area contributed by atoms with Gasteiger partial charge in [-0.1, -0.05) is 0 Å². The fraction of sp³-hybridized carbons (Fsp3) is 0.455. The summed E-state index contributed by atoms with van der Waals surface area (Å²) in [6.07, 6.45) is 4.87. The Morgan fingerprint density at radius 1 is 1.56 bits per heavy atom. The van der Waals surface area contributed by atoms with Crippen molar-refractivity contribution in [1.82, 2.24) is 20.1 Å². The van der Waals surface area contributed by atoms with Gasteiger partial charge in [0.15, 0.2) is 0 Å². The van der Waals surface area contributed by atoms with Crippen LogP contribution in [0.4, 0.5) is 0 Å². The minimum absolute atomic E-state index is 0.291. The van der Waals surface area contributed by atoms with Crippen molar-refractivity contribution in [1.29, 1.82) is 0 Å². The maximum Gasteiger partial charge on any atom is 0.0947 e. The van der Waals surface area contributed by atoms with Crippen LogP contribution in [-0.4, -0.2) is 21.8 Å². The van der Waals surface area contributed by atoms with Gasteiger partial charge in [-0.05, 0) is 14.0 Å². The summed E-state index contributed by atoms with van der Waals surface area (Å²) in [5, 5.41) is 10.8. The topological polar surface area (TPSA) is 42.7 Å². The standard InChI is InChI=1S/C11H16N4S/c1-8-7-16-11(14-8)4-10(12-2)9-5-13-15(3)6-9/h5-7,10,12H,4H2,1-3H3. The quantitative estimate of drug-likeness (QED) is 0.878. The minimum atomic E-state index is 0.291. The summed E-state index contributed by atoms with van der Waals surface area (Å²) < 4.78 is 1.83. The molecule has 2 aromatic rings. The number of aromatic nitrogens is 3. The monoisotopic (exact) mass is 236 g/mol. The second-order valence-corrected chi connectivity index (χ2v) is 4.82. The zero-order valence-corrected chi connectivity index (χ0v) is 10.6. The van der Waals surface area contributed by atoms with Crippen LogP contribution in [0.5, 0.6) is 0 Å². The fourth-order valence-electron chi connectivity index (χ4n) is 1.68. The highest BCUT2D eigenvalue weighted by atomic mass is 32.1. The zero-order chi connectivity index (χ0) is 11.5. The third-order valence-corrected chi connectivity index (χ3v) is 3.51. The molecule has 16 heavy (non-hydrogen) atoms. The number of hydrogen-bond donors (Lipinski definition) is 1. The van der Waals surface area contributed by atoms with Gasteiger partial charge in [0.1, 0.15) is 0 Å². The van der Waals surface area contributed by atoms with Crippen LogP contribution in [0.2, 0.25) is 0 Å². The van der Waals surface area contributed by atoms with Gasteiger partial charge in [0.2, 0.25) is 0 Å². The molecular formula is C11H16N4S. The summed E-state index contributed by atoms with van der Waals surface area (Å²) in [5.74, 6) is 0. The van der Waals surface area contributed by atoms with Gasteiger partial charge in [-0.15, -0.1) is 11.3 Å². The lowest BCUT2D eigenvalue weighted by molar-refractivity contribution is 0.589. The summed E-state index contributed by atoms with van der Waals surface area (Å²) in [6.45, 7) is 2.03. The lowest BCUT2D eigenvalue weighted by Crippen LogP contribution is -2.18. The van der Waals surface area contributed by atoms with Crippen LogP contribution >= 0.6 is 11.3 Å². The van der Waals surface area contributed by atoms with E-state index in [0.717, 1.165) is 12.1 Å². The molecule has 2 rings (SSSR count). The first-order valence-corrected chi connectivity index (χ1v) is 6.14. The Hall–Kier alpha value is -1.20. The third-order valence-electron chi connectivity index (χ3n) is 2.52. The fourth-order valence-corrected chi connectivity index (χ4v) is 2.50. The van der Waals surface area contributed by atoms with Crippen LogP contribution in [0.25, 0.3) is 0 Å². The molecule has 0 amide bonds. The first kappa shape index (κ1) is 11.3. The Morgan fingerprint density at radius 2 is 2.38 bits per heavy atom. The molecule has 0 saturated carbocycles. The molecule has 0 aliphatic heterocycles. The molecule has 2 aromatic heterocycles. The molecule has 1 unspecified atom stereocenters. The molecule has 0 spiro atoms. The maximum absolute atomic E-state index is 4.48. The first-order chi connectivity index (χ1) is 7.69. The van der Waals surface area contributed by atoms with Crippen molar-refractivity contribution in [3.63, 3.8) is 0 Å². The Labute approximate surface area is 99.3 Å². The van der Waals surface area contributed by atoms with Crippen molar-refractivity contribution >= 4 is 11.3 Å². The lowest BCUT2D eigenvalue weighted by Gasteiger charge is -2.12. The lowest BCUT2D eigenvalue weighted by atomic mass is 10.1. The van der Waals surface area contributed by atoms with Gasteiger partial charge in [0.05, 0.1) is 11.2 Å². The van der Waals surface area contributed by atoms with E-state index in [4.69, 9.17) is 0 Å². The number of aryl methyl sites for hydroxylation is 2. The summed E-state index contributed by atoms with van der Waals surface area (Å²) >= 11 is 1.72. The van der Waals surface area contributed by atoms with E-state index in [1.807, 2.05) is 38.1 Å². The SMILES string of the molecule is CNC(Cc1nc(C)cs1)c1cnn(C)c1. The second kappa shape index (κ2) is 4.76. The molecule has 2 heterocycles. The number of thiazole rings is 1. The highest BCUT2D eigenvalue weighted by molar-refractivity contribution is 7.09. The molecule has 0 saturated heterocycles. The van der Waals surface area contributed by atoms with E-state index in [1.165, 1.54) is 10.6 Å². The van der Waals surface area contributed by atoms with Crippen molar-refractivity contribution in [2.75, 3.05) is 7.05 Å². The molecule has 86 valence electrons. The Morgan fingerprint density at radius 3 is 2.88 bits per heavy atom. The van der Waals surface area contributed by atoms with E-state index in [2.05, 4.69) is 20.8 Å². The van der Waals surface area contributed by atoms with Crippen LogP contribution < -0.4 is 5.32 Å². The van der Waals surface area contributed by atoms with E-state index in [1.54, 1.807) is 11.3 Å². The molecule has 0 aromatic carbocycles. The van der Waals surface area contributed by atoms with Crippen molar-refractivity contribution in [2.24, 2.45) is 7.05 Å². The number of likely N-dealkylation sites (N-methyl/N-ethyl adjacent to an activating group) is 1. The highest BCUT2D eigenvalue weighted by Crippen LogP contribution is 2.19. The van der Waals surface area contributed by atoms with Gasteiger partial charge in [-0.2, -0.15) is 5.10 Å². The van der Waals surface area contributed by atoms with E-state index in [0.29, 0.717) is 6.04 Å². The maximum atomic E-state index is 4.48. The molecule has 0 aliphatic rings. The number of rotatable bonds is 4. The molecule has 0 bridgehead atoms. The van der Waals surface area contributed by atoms with Crippen LogP contribution in [0.15, 0.2) is 17.8 Å². The second-order valence-electron chi connectivity index (χ2n) is 3.88. The van der Waals surface area contributed by atoms with Gasteiger partial charge in [-0.25, -0.2) is 4.98 Å². The third kappa shape index (κ3) is 2.48. The largest absolute Gasteiger partial charge is 0.313 e. The molecule has 5 heteroatoms. The summed E-state index contributed by atoms with van der Waals surface area (Å²) in [6, 6.07) is 0.291. The van der Waals surface area contributed by atoms with E-state index in [9.17, 15) is 0 Å². The van der Waals surface area contributed by atoms with Gasteiger partial charge in [0, 0.05) is 42.3 Å². The zero-order valence-electron chi connectivity index (χ0n) is 9.77. The van der Waals surface area contributed by atoms with Crippen molar-refractivity contribution in [2.45, 2.75) is 19.4 Å². The predicted molar refractivity (Wildman–Crippen MR) is 65.6 cm³/mol. The van der Waals surface area contributed by atoms with Crippen molar-refractivity contribution < 1.29 is 0 Å². The number of nitrogens with zero attached hydrogens (tertiary/aromatic N) is 3. The summed E-state index contributed by atoms with van der Waals surface area (Å²) in [4.78, 5) is 4.48. The van der Waals surface area contributed by atoms with Crippen LogP contribution in [0, 0.1) is 6.92 Å². The van der Waals surface area contributed by atoms with Crippen molar-refractivity contribution in [3.05, 3.63) is 34.0 Å². The molecule has 0 aliphatic carbocycles. The first-order valence-electron chi connectivity index (χ1n) is 5.26. The summed E-state index contributed by atoms with van der Waals surface area (Å²) in [5.41, 5.74) is 2.30. The molecular weight excluding hydrogens is 220 g/mol. The van der Waals surface area contributed by atoms with Crippen LogP contribution in [0.1, 0.15) is 22.3 Å². The smallest absolute Gasteiger partial charge is 0.0947 e. The Kier molecular flexibility index (Phi) is 3.36.